The molecule has 2 aromatic carbocycles. The van der Waals surface area contributed by atoms with E-state index in [1.54, 1.807) is 0 Å². The summed E-state index contributed by atoms with van der Waals surface area (Å²) in [4.78, 5) is 21.3. The summed E-state index contributed by atoms with van der Waals surface area (Å²) >= 11 is 0. The average Bonchev–Trinajstić information content (AvgIpc) is 3.60. The number of rotatable bonds is 13. The number of hydrogen-bond acceptors (Lipinski definition) is 6. The van der Waals surface area contributed by atoms with Gasteiger partial charge in [0.15, 0.2) is 11.7 Å². The Morgan fingerprint density at radius 2 is 1.33 bits per heavy atom. The second-order valence-electron chi connectivity index (χ2n) is 10.3. The number of carbonyl (C=O) groups is 1. The van der Waals surface area contributed by atoms with Gasteiger partial charge in [0.1, 0.15) is 24.8 Å². The van der Waals surface area contributed by atoms with E-state index in [-0.39, 0.29) is 11.6 Å². The summed E-state index contributed by atoms with van der Waals surface area (Å²) in [5.41, 5.74) is 9.91. The summed E-state index contributed by atoms with van der Waals surface area (Å²) in [5, 5.41) is 10.2. The van der Waals surface area contributed by atoms with Gasteiger partial charge in [-0.2, -0.15) is 0 Å². The van der Waals surface area contributed by atoms with E-state index in [1.807, 2.05) is 84.2 Å². The molecular formula is C31H38N10O+2. The Morgan fingerprint density at radius 3 is 1.86 bits per heavy atom. The Morgan fingerprint density at radius 1 is 0.810 bits per heavy atom. The molecule has 0 bridgehead atoms. The lowest BCUT2D eigenvalue weighted by Crippen LogP contribution is -2.30. The highest BCUT2D eigenvalue weighted by molar-refractivity contribution is 6.47. The van der Waals surface area contributed by atoms with E-state index in [9.17, 15) is 4.79 Å². The van der Waals surface area contributed by atoms with Crippen LogP contribution in [0.15, 0.2) is 108 Å². The molecule has 0 atom stereocenters. The van der Waals surface area contributed by atoms with Crippen molar-refractivity contribution in [3.63, 3.8) is 0 Å². The second-order valence-corrected chi connectivity index (χ2v) is 10.3. The first-order chi connectivity index (χ1) is 20.4. The smallest absolute Gasteiger partial charge is 0.243 e. The lowest BCUT2D eigenvalue weighted by atomic mass is 10.2. The van der Waals surface area contributed by atoms with Crippen molar-refractivity contribution >= 4 is 40.2 Å². The third-order valence-electron chi connectivity index (χ3n) is 6.75. The molecule has 0 unspecified atom stereocenters. The molecule has 0 saturated heterocycles. The van der Waals surface area contributed by atoms with Gasteiger partial charge in [-0.05, 0) is 48.5 Å². The molecule has 0 radical (unpaired) electrons. The van der Waals surface area contributed by atoms with E-state index in [2.05, 4.69) is 60.1 Å². The van der Waals surface area contributed by atoms with Crippen molar-refractivity contribution < 1.29 is 13.9 Å². The number of nitrogens with two attached hydrogens (primary N) is 1. The molecule has 11 nitrogen and oxygen atoms in total. The first-order valence-corrected chi connectivity index (χ1v) is 14.1. The third kappa shape index (κ3) is 7.94. The standard InChI is InChI=1S/C31H37N10O/c1-38-17-19-40(22-38)15-3-13-33-24-5-9-26(10-6-24)35-28-21-29(42)30(32)37-31(28)36-27-11-7-25(8-12-27)34-14-4-16-41-20-18-39(2)23-41/h5-12,17-23H,3-4,13-16H2,1-2H3,(H4-,32,33,34,35,36,37,42)/q+1/p+1. The molecule has 216 valence electrons. The lowest BCUT2D eigenvalue weighted by molar-refractivity contribution is -0.671. The van der Waals surface area contributed by atoms with Crippen LogP contribution in [0.3, 0.4) is 0 Å². The van der Waals surface area contributed by atoms with E-state index in [0.29, 0.717) is 17.2 Å². The SMILES string of the molecule is C[n+]1ccn(CCCNc2ccc(/N=C3\N=C(N)C(=O)C=C3Nc3ccc(NCCCn4cc[n+](C)c4)cc3)cc2)c1. The van der Waals surface area contributed by atoms with Gasteiger partial charge in [-0.15, -0.1) is 0 Å². The van der Waals surface area contributed by atoms with Crippen LogP contribution < -0.4 is 30.8 Å². The number of ketones is 1. The zero-order valence-electron chi connectivity index (χ0n) is 24.1. The van der Waals surface area contributed by atoms with Crippen LogP contribution in [0.25, 0.3) is 0 Å². The van der Waals surface area contributed by atoms with Crippen LogP contribution in [0.2, 0.25) is 0 Å². The third-order valence-corrected chi connectivity index (χ3v) is 6.75. The van der Waals surface area contributed by atoms with Crippen LogP contribution in [0.5, 0.6) is 0 Å². The first kappa shape index (κ1) is 28.3. The number of aliphatic imine (C=N–C) groups is 2. The van der Waals surface area contributed by atoms with Crippen LogP contribution in [0.4, 0.5) is 22.7 Å². The van der Waals surface area contributed by atoms with Crippen molar-refractivity contribution in [3.8, 4) is 0 Å². The molecular weight excluding hydrogens is 528 g/mol. The fraction of sp³-hybridized carbons (Fsp3) is 0.258. The fourth-order valence-corrected chi connectivity index (χ4v) is 4.54. The van der Waals surface area contributed by atoms with Gasteiger partial charge < -0.3 is 21.7 Å². The summed E-state index contributed by atoms with van der Waals surface area (Å²) in [6, 6.07) is 15.7. The van der Waals surface area contributed by atoms with E-state index in [1.165, 1.54) is 6.08 Å². The number of hydrogen-bond donors (Lipinski definition) is 4. The summed E-state index contributed by atoms with van der Waals surface area (Å²) in [7, 11) is 4.04. The molecule has 4 aromatic rings. The van der Waals surface area contributed by atoms with E-state index in [0.717, 1.165) is 56.1 Å². The van der Waals surface area contributed by atoms with Crippen molar-refractivity contribution in [2.24, 2.45) is 29.8 Å². The molecule has 1 aliphatic heterocycles. The minimum atomic E-state index is -0.348. The molecule has 1 aliphatic rings. The van der Waals surface area contributed by atoms with Crippen molar-refractivity contribution in [2.45, 2.75) is 25.9 Å². The predicted octanol–water partition coefficient (Wildman–Crippen LogP) is 2.91. The first-order valence-electron chi connectivity index (χ1n) is 14.1. The van der Waals surface area contributed by atoms with Crippen molar-refractivity contribution in [3.05, 3.63) is 97.7 Å². The molecule has 0 fully saturated rings. The van der Waals surface area contributed by atoms with E-state index in [4.69, 9.17) is 5.73 Å². The van der Waals surface area contributed by atoms with Gasteiger partial charge in [0, 0.05) is 49.1 Å². The number of aromatic nitrogens is 4. The van der Waals surface area contributed by atoms with Crippen LogP contribution in [0, 0.1) is 0 Å². The lowest BCUT2D eigenvalue weighted by Gasteiger charge is -2.15. The van der Waals surface area contributed by atoms with Gasteiger partial charge in [-0.25, -0.2) is 28.3 Å². The number of anilines is 3. The largest absolute Gasteiger partial charge is 0.385 e. The van der Waals surface area contributed by atoms with Crippen molar-refractivity contribution in [2.75, 3.05) is 29.0 Å². The van der Waals surface area contributed by atoms with Gasteiger partial charge in [0.25, 0.3) is 0 Å². The maximum Gasteiger partial charge on any atom is 0.243 e. The van der Waals surface area contributed by atoms with Crippen molar-refractivity contribution in [1.82, 2.24) is 9.13 Å². The second kappa shape index (κ2) is 13.4. The summed E-state index contributed by atoms with van der Waals surface area (Å²) in [6.45, 7) is 3.62. The average molecular weight is 567 g/mol. The molecule has 0 aliphatic carbocycles. The van der Waals surface area contributed by atoms with E-state index < -0.39 is 0 Å². The molecule has 0 amide bonds. The molecule has 5 N–H and O–H groups in total. The van der Waals surface area contributed by atoms with Crippen LogP contribution in [-0.2, 0) is 32.0 Å². The highest BCUT2D eigenvalue weighted by atomic mass is 16.1. The fourth-order valence-electron chi connectivity index (χ4n) is 4.54. The summed E-state index contributed by atoms with van der Waals surface area (Å²) in [6.07, 6.45) is 15.8. The number of nitrogens with one attached hydrogen (secondary N) is 3. The topological polar surface area (TPSA) is 122 Å². The van der Waals surface area contributed by atoms with Gasteiger partial charge in [0.05, 0.1) is 38.6 Å². The Hall–Kier alpha value is -5.19. The number of nitrogens with zero attached hydrogens (tertiary/aromatic N) is 6. The number of benzene rings is 2. The number of imidazole rings is 2. The Kier molecular flexibility index (Phi) is 9.07. The zero-order valence-corrected chi connectivity index (χ0v) is 24.1. The Balaban J connectivity index is 1.14. The molecule has 0 saturated carbocycles. The molecule has 0 spiro atoms. The molecule has 11 heteroatoms. The number of amidine groups is 2. The van der Waals surface area contributed by atoms with Gasteiger partial charge in [0.2, 0.25) is 18.4 Å². The monoisotopic (exact) mass is 566 g/mol. The number of carbonyl (C=O) groups excluding carboxylic acids is 1. The summed E-state index contributed by atoms with van der Waals surface area (Å²) < 4.78 is 8.40. The molecule has 2 aromatic heterocycles. The minimum Gasteiger partial charge on any atom is -0.385 e. The minimum absolute atomic E-state index is 0.0814. The quantitative estimate of drug-likeness (QED) is 0.147. The highest BCUT2D eigenvalue weighted by Crippen LogP contribution is 2.21. The molecule has 42 heavy (non-hydrogen) atoms. The zero-order chi connectivity index (χ0) is 29.3. The van der Waals surface area contributed by atoms with Gasteiger partial charge >= 0.3 is 0 Å². The number of aryl methyl sites for hydroxylation is 4. The summed E-state index contributed by atoms with van der Waals surface area (Å²) in [5.74, 6) is -0.0744. The maximum atomic E-state index is 12.3. The van der Waals surface area contributed by atoms with Crippen LogP contribution in [-0.4, -0.2) is 39.7 Å². The highest BCUT2D eigenvalue weighted by Gasteiger charge is 2.19. The van der Waals surface area contributed by atoms with Gasteiger partial charge in [-0.1, -0.05) is 0 Å². The predicted molar refractivity (Wildman–Crippen MR) is 166 cm³/mol. The molecule has 5 rings (SSSR count). The Labute approximate surface area is 245 Å². The normalized spacial score (nSPS) is 14.0. The van der Waals surface area contributed by atoms with E-state index >= 15 is 0 Å². The van der Waals surface area contributed by atoms with Crippen LogP contribution >= 0.6 is 0 Å². The maximum absolute atomic E-state index is 12.3. The number of dihydropyridines is 1. The van der Waals surface area contributed by atoms with Gasteiger partial charge in [-0.3, -0.25) is 4.79 Å². The Bertz CT molecular complexity index is 1590. The van der Waals surface area contributed by atoms with Crippen LogP contribution in [0.1, 0.15) is 12.8 Å². The molecule has 3 heterocycles. The van der Waals surface area contributed by atoms with Crippen molar-refractivity contribution in [1.29, 1.82) is 0 Å².